The largest absolute Gasteiger partial charge is 0.457 e. The molecule has 1 atom stereocenters. The van der Waals surface area contributed by atoms with E-state index in [2.05, 4.69) is 4.90 Å². The average Bonchev–Trinajstić information content (AvgIpc) is 2.32. The van der Waals surface area contributed by atoms with Gasteiger partial charge in [0.25, 0.3) is 0 Å². The Hall–Kier alpha value is -0.770. The molecule has 1 aliphatic heterocycles. The standard InChI is InChI=1S/C13H15Cl2NO2/c1-16-6-2-3-10(8-16)18-13(17)11-7-9(14)4-5-12(11)15/h4-5,7,10H,2-3,6,8H2,1H3/t10-/m1/s1. The summed E-state index contributed by atoms with van der Waals surface area (Å²) in [6, 6.07) is 4.79. The molecule has 0 bridgehead atoms. The highest BCUT2D eigenvalue weighted by Gasteiger charge is 2.22. The molecule has 0 unspecified atom stereocenters. The summed E-state index contributed by atoms with van der Waals surface area (Å²) in [6.07, 6.45) is 1.87. The first-order valence-electron chi connectivity index (χ1n) is 5.91. The highest BCUT2D eigenvalue weighted by molar-refractivity contribution is 6.35. The second-order valence-electron chi connectivity index (χ2n) is 4.56. The molecule has 98 valence electrons. The molecular formula is C13H15Cl2NO2. The van der Waals surface area contributed by atoms with E-state index in [1.165, 1.54) is 0 Å². The lowest BCUT2D eigenvalue weighted by Crippen LogP contribution is -2.38. The minimum atomic E-state index is -0.400. The van der Waals surface area contributed by atoms with E-state index in [0.29, 0.717) is 15.6 Å². The molecular weight excluding hydrogens is 273 g/mol. The molecule has 18 heavy (non-hydrogen) atoms. The van der Waals surface area contributed by atoms with Gasteiger partial charge in [0, 0.05) is 11.6 Å². The Balaban J connectivity index is 2.05. The van der Waals surface area contributed by atoms with Crippen molar-refractivity contribution in [1.82, 2.24) is 4.90 Å². The number of piperidine rings is 1. The van der Waals surface area contributed by atoms with Crippen LogP contribution in [0.3, 0.4) is 0 Å². The molecule has 1 aromatic rings. The molecule has 3 nitrogen and oxygen atoms in total. The van der Waals surface area contributed by atoms with Crippen molar-refractivity contribution in [3.05, 3.63) is 33.8 Å². The lowest BCUT2D eigenvalue weighted by Gasteiger charge is -2.29. The Bertz CT molecular complexity index is 451. The lowest BCUT2D eigenvalue weighted by atomic mass is 10.1. The third kappa shape index (κ3) is 3.37. The Morgan fingerprint density at radius 3 is 2.94 bits per heavy atom. The molecule has 1 fully saturated rings. The maximum atomic E-state index is 12.0. The third-order valence-electron chi connectivity index (χ3n) is 3.00. The SMILES string of the molecule is CN1CCC[C@@H](OC(=O)c2cc(Cl)ccc2Cl)C1. The number of carbonyl (C=O) groups excluding carboxylic acids is 1. The number of hydrogen-bond donors (Lipinski definition) is 0. The van der Waals surface area contributed by atoms with Crippen LogP contribution in [0.4, 0.5) is 0 Å². The van der Waals surface area contributed by atoms with Gasteiger partial charge in [-0.3, -0.25) is 0 Å². The fourth-order valence-electron chi connectivity index (χ4n) is 2.08. The van der Waals surface area contributed by atoms with Crippen molar-refractivity contribution in [3.8, 4) is 0 Å². The van der Waals surface area contributed by atoms with Crippen LogP contribution in [0.15, 0.2) is 18.2 Å². The number of nitrogens with zero attached hydrogens (tertiary/aromatic N) is 1. The van der Waals surface area contributed by atoms with E-state index < -0.39 is 5.97 Å². The molecule has 5 heteroatoms. The van der Waals surface area contributed by atoms with Gasteiger partial charge in [0.1, 0.15) is 6.10 Å². The maximum Gasteiger partial charge on any atom is 0.340 e. The van der Waals surface area contributed by atoms with Crippen LogP contribution in [0, 0.1) is 0 Å². The molecule has 0 N–H and O–H groups in total. The first-order chi connectivity index (χ1) is 8.56. The van der Waals surface area contributed by atoms with Gasteiger partial charge in [0.15, 0.2) is 0 Å². The summed E-state index contributed by atoms with van der Waals surface area (Å²) in [7, 11) is 2.02. The number of benzene rings is 1. The van der Waals surface area contributed by atoms with Crippen molar-refractivity contribution in [3.63, 3.8) is 0 Å². The van der Waals surface area contributed by atoms with Crippen molar-refractivity contribution >= 4 is 29.2 Å². The number of esters is 1. The summed E-state index contributed by atoms with van der Waals surface area (Å²) in [5, 5.41) is 0.848. The second kappa shape index (κ2) is 5.91. The van der Waals surface area contributed by atoms with Crippen LogP contribution >= 0.6 is 23.2 Å². The third-order valence-corrected chi connectivity index (χ3v) is 3.57. The van der Waals surface area contributed by atoms with E-state index >= 15 is 0 Å². The number of rotatable bonds is 2. The molecule has 1 saturated heterocycles. The van der Waals surface area contributed by atoms with Crippen molar-refractivity contribution in [1.29, 1.82) is 0 Å². The summed E-state index contributed by atoms with van der Waals surface area (Å²) in [5.41, 5.74) is 0.331. The Kier molecular flexibility index (Phi) is 4.49. The highest BCUT2D eigenvalue weighted by atomic mass is 35.5. The molecule has 0 amide bonds. The number of halogens is 2. The van der Waals surface area contributed by atoms with Gasteiger partial charge >= 0.3 is 5.97 Å². The van der Waals surface area contributed by atoms with Crippen LogP contribution in [0.2, 0.25) is 10.0 Å². The summed E-state index contributed by atoms with van der Waals surface area (Å²) in [5.74, 6) is -0.400. The number of ether oxygens (including phenoxy) is 1. The zero-order chi connectivity index (χ0) is 13.1. The van der Waals surface area contributed by atoms with Crippen LogP contribution in [-0.2, 0) is 4.74 Å². The fraction of sp³-hybridized carbons (Fsp3) is 0.462. The smallest absolute Gasteiger partial charge is 0.340 e. The normalized spacial score (nSPS) is 20.7. The average molecular weight is 288 g/mol. The van der Waals surface area contributed by atoms with E-state index in [0.717, 1.165) is 25.9 Å². The van der Waals surface area contributed by atoms with Gasteiger partial charge in [-0.05, 0) is 44.6 Å². The minimum Gasteiger partial charge on any atom is -0.457 e. The van der Waals surface area contributed by atoms with E-state index in [9.17, 15) is 4.79 Å². The predicted molar refractivity (Wildman–Crippen MR) is 72.4 cm³/mol. The summed E-state index contributed by atoms with van der Waals surface area (Å²) < 4.78 is 5.46. The number of hydrogen-bond acceptors (Lipinski definition) is 3. The van der Waals surface area contributed by atoms with E-state index in [1.807, 2.05) is 7.05 Å². The van der Waals surface area contributed by atoms with Gasteiger partial charge in [-0.15, -0.1) is 0 Å². The molecule has 1 heterocycles. The van der Waals surface area contributed by atoms with Crippen molar-refractivity contribution in [2.45, 2.75) is 18.9 Å². The molecule has 1 aliphatic rings. The summed E-state index contributed by atoms with van der Waals surface area (Å²) in [4.78, 5) is 14.2. The first kappa shape index (κ1) is 13.7. The molecule has 2 rings (SSSR count). The zero-order valence-electron chi connectivity index (χ0n) is 10.2. The van der Waals surface area contributed by atoms with Gasteiger partial charge in [0.05, 0.1) is 10.6 Å². The Morgan fingerprint density at radius 2 is 2.22 bits per heavy atom. The van der Waals surface area contributed by atoms with E-state index in [4.69, 9.17) is 27.9 Å². The van der Waals surface area contributed by atoms with Gasteiger partial charge in [-0.2, -0.15) is 0 Å². The molecule has 0 aliphatic carbocycles. The maximum absolute atomic E-state index is 12.0. The van der Waals surface area contributed by atoms with Crippen molar-refractivity contribution < 1.29 is 9.53 Å². The van der Waals surface area contributed by atoms with E-state index in [1.54, 1.807) is 18.2 Å². The second-order valence-corrected chi connectivity index (χ2v) is 5.40. The number of likely N-dealkylation sites (N-methyl/N-ethyl adjacent to an activating group) is 1. The summed E-state index contributed by atoms with van der Waals surface area (Å²) >= 11 is 11.8. The Labute approximate surface area is 117 Å². The van der Waals surface area contributed by atoms with Crippen molar-refractivity contribution in [2.24, 2.45) is 0 Å². The van der Waals surface area contributed by atoms with Crippen LogP contribution in [0.5, 0.6) is 0 Å². The van der Waals surface area contributed by atoms with Gasteiger partial charge in [-0.1, -0.05) is 23.2 Å². The minimum absolute atomic E-state index is 0.0636. The Morgan fingerprint density at radius 1 is 1.44 bits per heavy atom. The highest BCUT2D eigenvalue weighted by Crippen LogP contribution is 2.23. The van der Waals surface area contributed by atoms with Gasteiger partial charge in [-0.25, -0.2) is 4.79 Å². The van der Waals surface area contributed by atoms with Crippen LogP contribution in [-0.4, -0.2) is 37.1 Å². The summed E-state index contributed by atoms with van der Waals surface area (Å²) in [6.45, 7) is 1.82. The molecule has 0 saturated carbocycles. The fourth-order valence-corrected chi connectivity index (χ4v) is 2.45. The lowest BCUT2D eigenvalue weighted by molar-refractivity contribution is 0.0109. The quantitative estimate of drug-likeness (QED) is 0.782. The zero-order valence-corrected chi connectivity index (χ0v) is 11.7. The van der Waals surface area contributed by atoms with Crippen LogP contribution in [0.25, 0.3) is 0 Å². The van der Waals surface area contributed by atoms with Gasteiger partial charge < -0.3 is 9.64 Å². The van der Waals surface area contributed by atoms with Gasteiger partial charge in [0.2, 0.25) is 0 Å². The monoisotopic (exact) mass is 287 g/mol. The molecule has 0 aromatic heterocycles. The number of likely N-dealkylation sites (tertiary alicyclic amines) is 1. The van der Waals surface area contributed by atoms with Crippen LogP contribution in [0.1, 0.15) is 23.2 Å². The molecule has 0 radical (unpaired) electrons. The first-order valence-corrected chi connectivity index (χ1v) is 6.66. The molecule has 1 aromatic carbocycles. The predicted octanol–water partition coefficient (Wildman–Crippen LogP) is 3.24. The van der Waals surface area contributed by atoms with E-state index in [-0.39, 0.29) is 6.10 Å². The van der Waals surface area contributed by atoms with Crippen molar-refractivity contribution in [2.75, 3.05) is 20.1 Å². The topological polar surface area (TPSA) is 29.5 Å². The molecule has 0 spiro atoms. The van der Waals surface area contributed by atoms with Crippen LogP contribution < -0.4 is 0 Å². The number of carbonyl (C=O) groups is 1.